The lowest BCUT2D eigenvalue weighted by atomic mass is 10.2. The minimum absolute atomic E-state index is 0.662. The minimum Gasteiger partial charge on any atom is -0.330 e. The molecule has 0 saturated carbocycles. The fourth-order valence-corrected chi connectivity index (χ4v) is 2.96. The van der Waals surface area contributed by atoms with Crippen LogP contribution in [0.5, 0.6) is 0 Å². The van der Waals surface area contributed by atoms with Crippen LogP contribution in [0.2, 0.25) is 0 Å². The van der Waals surface area contributed by atoms with E-state index in [-0.39, 0.29) is 0 Å². The number of rotatable bonds is 2. The fourth-order valence-electron chi connectivity index (χ4n) is 1.87. The molecule has 2 aromatic heterocycles. The number of H-pyrrole nitrogens is 1. The highest BCUT2D eigenvalue weighted by atomic mass is 32.2. The van der Waals surface area contributed by atoms with Crippen molar-refractivity contribution in [2.75, 3.05) is 13.1 Å². The molecule has 0 radical (unpaired) electrons. The van der Waals surface area contributed by atoms with Gasteiger partial charge in [-0.1, -0.05) is 11.8 Å². The predicted molar refractivity (Wildman–Crippen MR) is 63.4 cm³/mol. The van der Waals surface area contributed by atoms with E-state index in [1.165, 1.54) is 19.2 Å². The van der Waals surface area contributed by atoms with Crippen molar-refractivity contribution in [3.8, 4) is 0 Å². The summed E-state index contributed by atoms with van der Waals surface area (Å²) in [5.41, 5.74) is 1.67. The number of aromatic nitrogens is 4. The summed E-state index contributed by atoms with van der Waals surface area (Å²) >= 11 is 1.82. The van der Waals surface area contributed by atoms with Gasteiger partial charge in [0.1, 0.15) is 11.8 Å². The summed E-state index contributed by atoms with van der Waals surface area (Å²) in [5, 5.41) is 4.98. The monoisotopic (exact) mass is 235 g/mol. The van der Waals surface area contributed by atoms with Crippen LogP contribution in [0.1, 0.15) is 12.8 Å². The molecule has 0 aromatic carbocycles. The predicted octanol–water partition coefficient (Wildman–Crippen LogP) is 1.20. The van der Waals surface area contributed by atoms with Crippen molar-refractivity contribution in [3.63, 3.8) is 0 Å². The van der Waals surface area contributed by atoms with E-state index < -0.39 is 0 Å². The first-order chi connectivity index (χ1) is 7.92. The molecule has 0 unspecified atom stereocenters. The van der Waals surface area contributed by atoms with Gasteiger partial charge in [-0.25, -0.2) is 15.0 Å². The number of hydrogen-bond donors (Lipinski definition) is 2. The van der Waals surface area contributed by atoms with Crippen LogP contribution in [-0.4, -0.2) is 38.3 Å². The summed E-state index contributed by atoms with van der Waals surface area (Å²) in [6, 6.07) is 0. The fraction of sp³-hybridized carbons (Fsp3) is 0.500. The number of piperidine rings is 1. The molecule has 84 valence electrons. The van der Waals surface area contributed by atoms with Crippen LogP contribution in [0.3, 0.4) is 0 Å². The summed E-state index contributed by atoms with van der Waals surface area (Å²) in [4.78, 5) is 15.8. The van der Waals surface area contributed by atoms with E-state index in [0.717, 1.165) is 29.4 Å². The second-order valence-corrected chi connectivity index (χ2v) is 5.16. The Kier molecular flexibility index (Phi) is 2.75. The second-order valence-electron chi connectivity index (χ2n) is 3.87. The Labute approximate surface area is 97.5 Å². The largest absolute Gasteiger partial charge is 0.330 e. The molecule has 3 rings (SSSR count). The van der Waals surface area contributed by atoms with Gasteiger partial charge in [0.05, 0.1) is 6.20 Å². The average Bonchev–Trinajstić information content (AvgIpc) is 2.72. The molecule has 2 N–H and O–H groups in total. The molecule has 0 spiro atoms. The topological polar surface area (TPSA) is 66.5 Å². The molecule has 0 amide bonds. The molecular weight excluding hydrogens is 222 g/mol. The summed E-state index contributed by atoms with van der Waals surface area (Å²) < 4.78 is 0. The summed E-state index contributed by atoms with van der Waals surface area (Å²) in [6.45, 7) is 2.22. The maximum atomic E-state index is 4.44. The minimum atomic E-state index is 0.662. The van der Waals surface area contributed by atoms with Crippen molar-refractivity contribution in [2.24, 2.45) is 0 Å². The molecule has 1 saturated heterocycles. The number of fused-ring (bicyclic) bond motifs is 1. The third kappa shape index (κ3) is 2.03. The number of thioether (sulfide) groups is 1. The lowest BCUT2D eigenvalue weighted by molar-refractivity contribution is 0.531. The van der Waals surface area contributed by atoms with Gasteiger partial charge in [0.15, 0.2) is 10.8 Å². The first kappa shape index (κ1) is 10.0. The molecule has 1 aliphatic rings. The van der Waals surface area contributed by atoms with Crippen molar-refractivity contribution in [1.29, 1.82) is 0 Å². The molecule has 0 bridgehead atoms. The molecule has 6 heteroatoms. The lowest BCUT2D eigenvalue weighted by Crippen LogP contribution is -2.29. The maximum absolute atomic E-state index is 4.44. The van der Waals surface area contributed by atoms with Crippen molar-refractivity contribution >= 4 is 22.9 Å². The number of nitrogens with one attached hydrogen (secondary N) is 2. The van der Waals surface area contributed by atoms with Crippen molar-refractivity contribution in [1.82, 2.24) is 25.3 Å². The zero-order valence-electron chi connectivity index (χ0n) is 8.81. The van der Waals surface area contributed by atoms with Gasteiger partial charge in [0, 0.05) is 5.25 Å². The standard InChI is InChI=1S/C10H13N5S/c1-3-11-4-2-7(1)16-10-14-8-5-12-6-13-9(8)15-10/h5-7,11H,1-4H2,(H,12,13,14,15). The molecule has 3 heterocycles. The Morgan fingerprint density at radius 1 is 1.31 bits per heavy atom. The van der Waals surface area contributed by atoms with Crippen molar-refractivity contribution in [2.45, 2.75) is 23.2 Å². The molecule has 5 nitrogen and oxygen atoms in total. The van der Waals surface area contributed by atoms with Gasteiger partial charge < -0.3 is 10.3 Å². The smallest absolute Gasteiger partial charge is 0.181 e. The molecule has 1 fully saturated rings. The SMILES string of the molecule is c1ncc2[nH]c(SC3CCNCC3)nc2n1. The van der Waals surface area contributed by atoms with E-state index in [1.54, 1.807) is 6.20 Å². The zero-order chi connectivity index (χ0) is 10.8. The summed E-state index contributed by atoms with van der Waals surface area (Å²) in [7, 11) is 0. The van der Waals surface area contributed by atoms with E-state index in [1.807, 2.05) is 11.8 Å². The van der Waals surface area contributed by atoms with Crippen LogP contribution >= 0.6 is 11.8 Å². The van der Waals surface area contributed by atoms with Crippen LogP contribution in [0, 0.1) is 0 Å². The number of imidazole rings is 1. The van der Waals surface area contributed by atoms with E-state index in [0.29, 0.717) is 5.25 Å². The third-order valence-electron chi connectivity index (χ3n) is 2.70. The van der Waals surface area contributed by atoms with E-state index in [4.69, 9.17) is 0 Å². The Morgan fingerprint density at radius 2 is 2.19 bits per heavy atom. The first-order valence-corrected chi connectivity index (χ1v) is 6.33. The molecule has 16 heavy (non-hydrogen) atoms. The van der Waals surface area contributed by atoms with Gasteiger partial charge in [0.2, 0.25) is 0 Å². The van der Waals surface area contributed by atoms with Crippen LogP contribution in [0.15, 0.2) is 17.7 Å². The highest BCUT2D eigenvalue weighted by Crippen LogP contribution is 2.27. The van der Waals surface area contributed by atoms with Crippen LogP contribution in [0.25, 0.3) is 11.2 Å². The van der Waals surface area contributed by atoms with Gasteiger partial charge in [0.25, 0.3) is 0 Å². The number of nitrogens with zero attached hydrogens (tertiary/aromatic N) is 3. The molecule has 0 atom stereocenters. The Balaban J connectivity index is 1.78. The van der Waals surface area contributed by atoms with Gasteiger partial charge in [-0.15, -0.1) is 0 Å². The highest BCUT2D eigenvalue weighted by molar-refractivity contribution is 7.99. The van der Waals surface area contributed by atoms with Gasteiger partial charge in [-0.05, 0) is 25.9 Å². The van der Waals surface area contributed by atoms with E-state index >= 15 is 0 Å². The Hall–Kier alpha value is -1.14. The number of aromatic amines is 1. The summed E-state index contributed by atoms with van der Waals surface area (Å²) in [6.07, 6.45) is 5.70. The summed E-state index contributed by atoms with van der Waals surface area (Å²) in [5.74, 6) is 0. The van der Waals surface area contributed by atoms with Crippen LogP contribution in [0.4, 0.5) is 0 Å². The molecule has 0 aliphatic carbocycles. The Bertz CT molecular complexity index is 444. The lowest BCUT2D eigenvalue weighted by Gasteiger charge is -2.20. The van der Waals surface area contributed by atoms with Crippen LogP contribution < -0.4 is 5.32 Å². The average molecular weight is 235 g/mol. The van der Waals surface area contributed by atoms with E-state index in [9.17, 15) is 0 Å². The highest BCUT2D eigenvalue weighted by Gasteiger charge is 2.16. The third-order valence-corrected chi connectivity index (χ3v) is 3.93. The Morgan fingerprint density at radius 3 is 3.00 bits per heavy atom. The molecular formula is C10H13N5S. The first-order valence-electron chi connectivity index (χ1n) is 5.45. The van der Waals surface area contributed by atoms with Gasteiger partial charge in [-0.3, -0.25) is 0 Å². The molecule has 2 aromatic rings. The van der Waals surface area contributed by atoms with Crippen molar-refractivity contribution < 1.29 is 0 Å². The maximum Gasteiger partial charge on any atom is 0.181 e. The van der Waals surface area contributed by atoms with E-state index in [2.05, 4.69) is 25.3 Å². The van der Waals surface area contributed by atoms with Crippen molar-refractivity contribution in [3.05, 3.63) is 12.5 Å². The quantitative estimate of drug-likeness (QED) is 0.818. The van der Waals surface area contributed by atoms with Gasteiger partial charge in [-0.2, -0.15) is 0 Å². The normalized spacial score (nSPS) is 18.0. The zero-order valence-corrected chi connectivity index (χ0v) is 9.63. The molecule has 1 aliphatic heterocycles. The number of hydrogen-bond acceptors (Lipinski definition) is 5. The second kappa shape index (κ2) is 4.39. The van der Waals surface area contributed by atoms with Crippen LogP contribution in [-0.2, 0) is 0 Å². The van der Waals surface area contributed by atoms with Gasteiger partial charge >= 0.3 is 0 Å².